The minimum atomic E-state index is -3.19. The third-order valence-corrected chi connectivity index (χ3v) is 5.15. The fraction of sp³-hybridized carbons (Fsp3) is 0.381. The van der Waals surface area contributed by atoms with E-state index >= 15 is 0 Å². The summed E-state index contributed by atoms with van der Waals surface area (Å²) >= 11 is 0. The highest BCUT2D eigenvalue weighted by molar-refractivity contribution is 7.88. The maximum atomic E-state index is 12.7. The molecule has 2 aromatic rings. The molecule has 0 radical (unpaired) electrons. The maximum absolute atomic E-state index is 12.7. The summed E-state index contributed by atoms with van der Waals surface area (Å²) in [6.07, 6.45) is 1.70. The molecule has 2 N–H and O–H groups in total. The van der Waals surface area contributed by atoms with E-state index in [-0.39, 0.29) is 17.9 Å². The average molecular weight is 405 g/mol. The van der Waals surface area contributed by atoms with Crippen molar-refractivity contribution in [3.05, 3.63) is 65.2 Å². The van der Waals surface area contributed by atoms with E-state index in [1.807, 2.05) is 36.4 Å². The normalized spacial score (nSPS) is 12.6. The molecule has 2 rings (SSSR count). The largest absolute Gasteiger partial charge is 0.497 e. The smallest absolute Gasteiger partial charge is 0.251 e. The molecule has 0 saturated heterocycles. The van der Waals surface area contributed by atoms with Crippen molar-refractivity contribution in [1.82, 2.24) is 10.0 Å². The molecule has 0 bridgehead atoms. The second-order valence-electron chi connectivity index (χ2n) is 7.08. The Morgan fingerprint density at radius 2 is 1.64 bits per heavy atom. The highest BCUT2D eigenvalue weighted by Crippen LogP contribution is 2.24. The van der Waals surface area contributed by atoms with Crippen molar-refractivity contribution in [2.75, 3.05) is 19.9 Å². The zero-order valence-corrected chi connectivity index (χ0v) is 17.5. The quantitative estimate of drug-likeness (QED) is 0.673. The van der Waals surface area contributed by atoms with Crippen LogP contribution in [0.15, 0.2) is 48.5 Å². The van der Waals surface area contributed by atoms with Gasteiger partial charge < -0.3 is 10.1 Å². The van der Waals surface area contributed by atoms with Gasteiger partial charge in [0.2, 0.25) is 10.0 Å². The van der Waals surface area contributed by atoms with Gasteiger partial charge in [0.1, 0.15) is 5.75 Å². The SMILES string of the molecule is COc1ccc([C@@H](NC(=O)c2ccc(CCNS(C)(=O)=O)cc2)C(C)C)cc1. The number of amides is 1. The number of methoxy groups -OCH3 is 1. The highest BCUT2D eigenvalue weighted by Gasteiger charge is 2.19. The zero-order chi connectivity index (χ0) is 20.7. The fourth-order valence-corrected chi connectivity index (χ4v) is 3.35. The third-order valence-electron chi connectivity index (χ3n) is 4.42. The summed E-state index contributed by atoms with van der Waals surface area (Å²) in [6.45, 7) is 4.46. The molecule has 152 valence electrons. The number of ether oxygens (including phenoxy) is 1. The van der Waals surface area contributed by atoms with Gasteiger partial charge in [-0.25, -0.2) is 13.1 Å². The van der Waals surface area contributed by atoms with Crippen molar-refractivity contribution in [2.24, 2.45) is 5.92 Å². The predicted octanol–water partition coefficient (Wildman–Crippen LogP) is 2.91. The Labute approximate surface area is 167 Å². The lowest BCUT2D eigenvalue weighted by Gasteiger charge is -2.23. The van der Waals surface area contributed by atoms with Crippen LogP contribution in [-0.4, -0.2) is 34.2 Å². The first-order valence-electron chi connectivity index (χ1n) is 9.18. The van der Waals surface area contributed by atoms with E-state index in [0.717, 1.165) is 23.1 Å². The van der Waals surface area contributed by atoms with Crippen molar-refractivity contribution >= 4 is 15.9 Å². The van der Waals surface area contributed by atoms with E-state index in [1.165, 1.54) is 0 Å². The number of carbonyl (C=O) groups is 1. The number of nitrogens with one attached hydrogen (secondary N) is 2. The first-order chi connectivity index (χ1) is 13.2. The van der Waals surface area contributed by atoms with E-state index < -0.39 is 10.0 Å². The molecule has 0 spiro atoms. The van der Waals surface area contributed by atoms with Crippen molar-refractivity contribution in [1.29, 1.82) is 0 Å². The molecule has 0 fully saturated rings. The molecule has 0 aliphatic carbocycles. The van der Waals surface area contributed by atoms with E-state index in [2.05, 4.69) is 23.9 Å². The molecule has 6 nitrogen and oxygen atoms in total. The molecule has 2 aromatic carbocycles. The summed E-state index contributed by atoms with van der Waals surface area (Å²) < 4.78 is 29.9. The lowest BCUT2D eigenvalue weighted by atomic mass is 9.95. The van der Waals surface area contributed by atoms with Crippen LogP contribution < -0.4 is 14.8 Å². The molecule has 0 unspecified atom stereocenters. The number of hydrogen-bond acceptors (Lipinski definition) is 4. The second kappa shape index (κ2) is 9.71. The number of sulfonamides is 1. The van der Waals surface area contributed by atoms with Gasteiger partial charge >= 0.3 is 0 Å². The van der Waals surface area contributed by atoms with Gasteiger partial charge in [-0.3, -0.25) is 4.79 Å². The maximum Gasteiger partial charge on any atom is 0.251 e. The van der Waals surface area contributed by atoms with Gasteiger partial charge in [-0.15, -0.1) is 0 Å². The minimum Gasteiger partial charge on any atom is -0.497 e. The summed E-state index contributed by atoms with van der Waals surface area (Å²) in [5, 5.41) is 3.10. The van der Waals surface area contributed by atoms with Gasteiger partial charge in [0.15, 0.2) is 0 Å². The van der Waals surface area contributed by atoms with Gasteiger partial charge in [-0.05, 0) is 47.7 Å². The molecule has 0 saturated carbocycles. The lowest BCUT2D eigenvalue weighted by molar-refractivity contribution is 0.0925. The number of carbonyl (C=O) groups excluding carboxylic acids is 1. The Balaban J connectivity index is 2.02. The van der Waals surface area contributed by atoms with Gasteiger partial charge in [0, 0.05) is 12.1 Å². The minimum absolute atomic E-state index is 0.114. The van der Waals surface area contributed by atoms with Crippen LogP contribution in [0.4, 0.5) is 0 Å². The van der Waals surface area contributed by atoms with Crippen molar-refractivity contribution < 1.29 is 17.9 Å². The molecule has 0 heterocycles. The van der Waals surface area contributed by atoms with E-state index in [0.29, 0.717) is 18.5 Å². The summed E-state index contributed by atoms with van der Waals surface area (Å²) in [4.78, 5) is 12.7. The van der Waals surface area contributed by atoms with Crippen LogP contribution in [0, 0.1) is 5.92 Å². The van der Waals surface area contributed by atoms with Crippen LogP contribution in [0.3, 0.4) is 0 Å². The van der Waals surface area contributed by atoms with Crippen molar-refractivity contribution in [2.45, 2.75) is 26.3 Å². The second-order valence-corrected chi connectivity index (χ2v) is 8.91. The first-order valence-corrected chi connectivity index (χ1v) is 11.1. The average Bonchev–Trinajstić information content (AvgIpc) is 2.65. The summed E-state index contributed by atoms with van der Waals surface area (Å²) in [7, 11) is -1.57. The molecular formula is C21H28N2O4S. The third kappa shape index (κ3) is 6.65. The molecule has 28 heavy (non-hydrogen) atoms. The number of benzene rings is 2. The first kappa shape index (κ1) is 21.9. The summed E-state index contributed by atoms with van der Waals surface area (Å²) in [5.74, 6) is 0.854. The van der Waals surface area contributed by atoms with Gasteiger partial charge in [-0.2, -0.15) is 0 Å². The van der Waals surface area contributed by atoms with Crippen molar-refractivity contribution in [3.8, 4) is 5.75 Å². The standard InChI is InChI=1S/C21H28N2O4S/c1-15(2)20(17-9-11-19(27-3)12-10-17)23-21(24)18-7-5-16(6-8-18)13-14-22-28(4,25)26/h5-12,15,20,22H,13-14H2,1-4H3,(H,23,24)/t20-/m0/s1. The lowest BCUT2D eigenvalue weighted by Crippen LogP contribution is -2.31. The topological polar surface area (TPSA) is 84.5 Å². The van der Waals surface area contributed by atoms with Crippen molar-refractivity contribution in [3.63, 3.8) is 0 Å². The molecule has 0 aliphatic heterocycles. The summed E-state index contributed by atoms with van der Waals surface area (Å²) in [6, 6.07) is 14.8. The van der Waals surface area contributed by atoms with Crippen LogP contribution in [0.5, 0.6) is 5.75 Å². The molecule has 7 heteroatoms. The van der Waals surface area contributed by atoms with Gasteiger partial charge in [0.05, 0.1) is 19.4 Å². The van der Waals surface area contributed by atoms with E-state index in [9.17, 15) is 13.2 Å². The Morgan fingerprint density at radius 3 is 2.14 bits per heavy atom. The van der Waals surface area contributed by atoms with Crippen LogP contribution >= 0.6 is 0 Å². The molecule has 0 aliphatic rings. The highest BCUT2D eigenvalue weighted by atomic mass is 32.2. The number of hydrogen-bond donors (Lipinski definition) is 2. The van der Waals surface area contributed by atoms with Gasteiger partial charge in [0.25, 0.3) is 5.91 Å². The Hall–Kier alpha value is -2.38. The Morgan fingerprint density at radius 1 is 1.04 bits per heavy atom. The van der Waals surface area contributed by atoms with Crippen LogP contribution in [0.1, 0.15) is 41.4 Å². The Kier molecular flexibility index (Phi) is 7.60. The van der Waals surface area contributed by atoms with E-state index in [1.54, 1.807) is 19.2 Å². The van der Waals surface area contributed by atoms with Crippen LogP contribution in [0.2, 0.25) is 0 Å². The predicted molar refractivity (Wildman–Crippen MR) is 111 cm³/mol. The van der Waals surface area contributed by atoms with Gasteiger partial charge in [-0.1, -0.05) is 38.1 Å². The monoisotopic (exact) mass is 404 g/mol. The molecule has 1 amide bonds. The molecule has 0 aromatic heterocycles. The number of rotatable bonds is 9. The Bertz CT molecular complexity index is 876. The van der Waals surface area contributed by atoms with E-state index in [4.69, 9.17) is 4.74 Å². The molecule has 1 atom stereocenters. The fourth-order valence-electron chi connectivity index (χ4n) is 2.87. The summed E-state index contributed by atoms with van der Waals surface area (Å²) in [5.41, 5.74) is 2.55. The zero-order valence-electron chi connectivity index (χ0n) is 16.7. The van der Waals surface area contributed by atoms with Crippen LogP contribution in [-0.2, 0) is 16.4 Å². The molecular weight excluding hydrogens is 376 g/mol. The van der Waals surface area contributed by atoms with Crippen LogP contribution in [0.25, 0.3) is 0 Å².